The molecule has 4 rings (SSSR count). The van der Waals surface area contributed by atoms with Crippen molar-refractivity contribution in [1.82, 2.24) is 4.98 Å². The van der Waals surface area contributed by atoms with Gasteiger partial charge in [-0.3, -0.25) is 4.79 Å². The number of anilines is 4. The van der Waals surface area contributed by atoms with E-state index in [1.54, 1.807) is 24.4 Å². The van der Waals surface area contributed by atoms with Gasteiger partial charge in [-0.25, -0.2) is 4.98 Å². The van der Waals surface area contributed by atoms with Crippen LogP contribution < -0.4 is 15.5 Å². The van der Waals surface area contributed by atoms with Gasteiger partial charge in [0.1, 0.15) is 5.82 Å². The van der Waals surface area contributed by atoms with E-state index in [0.29, 0.717) is 11.5 Å². The van der Waals surface area contributed by atoms with Crippen molar-refractivity contribution >= 4 is 28.8 Å². The number of amides is 1. The molecule has 3 aromatic rings. The molecule has 0 bridgehead atoms. The van der Waals surface area contributed by atoms with Crippen molar-refractivity contribution in [3.8, 4) is 0 Å². The van der Waals surface area contributed by atoms with Crippen LogP contribution in [0.4, 0.5) is 22.9 Å². The Hall–Kier alpha value is -3.32. The van der Waals surface area contributed by atoms with E-state index in [0.717, 1.165) is 37.7 Å². The van der Waals surface area contributed by atoms with Crippen molar-refractivity contribution in [1.29, 1.82) is 0 Å². The molecule has 0 aliphatic carbocycles. The molecule has 27 heavy (non-hydrogen) atoms. The molecule has 0 spiro atoms. The second-order valence-corrected chi connectivity index (χ2v) is 6.11. The van der Waals surface area contributed by atoms with Gasteiger partial charge in [0.25, 0.3) is 5.91 Å². The summed E-state index contributed by atoms with van der Waals surface area (Å²) in [7, 11) is 0. The number of nitrogens with one attached hydrogen (secondary N) is 2. The van der Waals surface area contributed by atoms with Gasteiger partial charge in [0.05, 0.1) is 42.7 Å². The minimum atomic E-state index is -0.305. The molecular formula is C20H20N4O3. The summed E-state index contributed by atoms with van der Waals surface area (Å²) in [6, 6.07) is 15.0. The molecule has 1 amide bonds. The lowest BCUT2D eigenvalue weighted by Crippen LogP contribution is -2.36. The second kappa shape index (κ2) is 7.92. The van der Waals surface area contributed by atoms with Crippen molar-refractivity contribution in [3.63, 3.8) is 0 Å². The van der Waals surface area contributed by atoms with Gasteiger partial charge in [0.2, 0.25) is 0 Å². The van der Waals surface area contributed by atoms with Crippen LogP contribution in [0.3, 0.4) is 0 Å². The van der Waals surface area contributed by atoms with E-state index in [-0.39, 0.29) is 11.7 Å². The van der Waals surface area contributed by atoms with Crippen molar-refractivity contribution in [2.24, 2.45) is 0 Å². The zero-order valence-corrected chi connectivity index (χ0v) is 14.7. The average Bonchev–Trinajstić information content (AvgIpc) is 3.26. The van der Waals surface area contributed by atoms with Gasteiger partial charge in [-0.2, -0.15) is 0 Å². The predicted molar refractivity (Wildman–Crippen MR) is 104 cm³/mol. The summed E-state index contributed by atoms with van der Waals surface area (Å²) in [5.41, 5.74) is 2.71. The molecule has 3 heterocycles. The summed E-state index contributed by atoms with van der Waals surface area (Å²) in [5, 5.41) is 6.11. The molecule has 7 nitrogen and oxygen atoms in total. The average molecular weight is 364 g/mol. The smallest absolute Gasteiger partial charge is 0.291 e. The van der Waals surface area contributed by atoms with Crippen LogP contribution >= 0.6 is 0 Å². The van der Waals surface area contributed by atoms with E-state index in [1.807, 2.05) is 24.3 Å². The Labute approximate surface area is 157 Å². The number of para-hydroxylation sites is 2. The molecular weight excluding hydrogens is 344 g/mol. The molecule has 1 aliphatic rings. The lowest BCUT2D eigenvalue weighted by Gasteiger charge is -2.30. The molecule has 138 valence electrons. The van der Waals surface area contributed by atoms with Crippen LogP contribution in [0, 0.1) is 0 Å². The van der Waals surface area contributed by atoms with Crippen LogP contribution in [0.2, 0.25) is 0 Å². The lowest BCUT2D eigenvalue weighted by atomic mass is 10.2. The number of rotatable bonds is 5. The number of carbonyl (C=O) groups excluding carboxylic acids is 1. The first kappa shape index (κ1) is 17.1. The second-order valence-electron chi connectivity index (χ2n) is 6.11. The van der Waals surface area contributed by atoms with E-state index < -0.39 is 0 Å². The Morgan fingerprint density at radius 1 is 1.04 bits per heavy atom. The van der Waals surface area contributed by atoms with Gasteiger partial charge in [0.15, 0.2) is 5.76 Å². The highest BCUT2D eigenvalue weighted by Crippen LogP contribution is 2.28. The van der Waals surface area contributed by atoms with Crippen LogP contribution in [0.1, 0.15) is 10.6 Å². The highest BCUT2D eigenvalue weighted by atomic mass is 16.5. The summed E-state index contributed by atoms with van der Waals surface area (Å²) < 4.78 is 10.5. The topological polar surface area (TPSA) is 79.6 Å². The Morgan fingerprint density at radius 2 is 1.89 bits per heavy atom. The first-order valence-corrected chi connectivity index (χ1v) is 8.79. The van der Waals surface area contributed by atoms with E-state index in [2.05, 4.69) is 26.6 Å². The standard InChI is InChI=1S/C20H20N4O3/c25-20(18-6-3-11-27-18)22-15-7-8-19(21-14-15)23-16-4-1-2-5-17(16)24-9-12-26-13-10-24/h1-8,11,14H,9-10,12-13H2,(H,21,23)(H,22,25). The van der Waals surface area contributed by atoms with E-state index in [1.165, 1.54) is 6.26 Å². The van der Waals surface area contributed by atoms with E-state index in [4.69, 9.17) is 9.15 Å². The Balaban J connectivity index is 1.45. The quantitative estimate of drug-likeness (QED) is 0.721. The third kappa shape index (κ3) is 4.09. The van der Waals surface area contributed by atoms with Gasteiger partial charge in [-0.05, 0) is 36.4 Å². The fourth-order valence-corrected chi connectivity index (χ4v) is 2.94. The summed E-state index contributed by atoms with van der Waals surface area (Å²) >= 11 is 0. The summed E-state index contributed by atoms with van der Waals surface area (Å²) in [5.74, 6) is 0.656. The lowest BCUT2D eigenvalue weighted by molar-refractivity contribution is 0.0996. The number of ether oxygens (including phenoxy) is 1. The molecule has 0 unspecified atom stereocenters. The van der Waals surface area contributed by atoms with Crippen molar-refractivity contribution < 1.29 is 13.9 Å². The number of nitrogens with zero attached hydrogens (tertiary/aromatic N) is 2. The number of hydrogen-bond donors (Lipinski definition) is 2. The van der Waals surface area contributed by atoms with Gasteiger partial charge < -0.3 is 24.7 Å². The summed E-state index contributed by atoms with van der Waals surface area (Å²) in [4.78, 5) is 18.7. The molecule has 1 fully saturated rings. The first-order valence-electron chi connectivity index (χ1n) is 8.79. The molecule has 2 N–H and O–H groups in total. The van der Waals surface area contributed by atoms with Gasteiger partial charge in [0, 0.05) is 13.1 Å². The fraction of sp³-hybridized carbons (Fsp3) is 0.200. The highest BCUT2D eigenvalue weighted by molar-refractivity contribution is 6.02. The number of hydrogen-bond acceptors (Lipinski definition) is 6. The largest absolute Gasteiger partial charge is 0.459 e. The maximum atomic E-state index is 12.0. The molecule has 1 saturated heterocycles. The van der Waals surface area contributed by atoms with Crippen LogP contribution in [0.5, 0.6) is 0 Å². The number of aromatic nitrogens is 1. The monoisotopic (exact) mass is 364 g/mol. The van der Waals surface area contributed by atoms with E-state index in [9.17, 15) is 4.79 Å². The molecule has 0 saturated carbocycles. The number of pyridine rings is 1. The van der Waals surface area contributed by atoms with Crippen LogP contribution in [0.15, 0.2) is 65.4 Å². The Morgan fingerprint density at radius 3 is 2.63 bits per heavy atom. The number of benzene rings is 1. The van der Waals surface area contributed by atoms with Gasteiger partial charge in [-0.15, -0.1) is 0 Å². The van der Waals surface area contributed by atoms with Crippen LogP contribution in [0.25, 0.3) is 0 Å². The predicted octanol–water partition coefficient (Wildman–Crippen LogP) is 3.51. The maximum Gasteiger partial charge on any atom is 0.291 e. The molecule has 7 heteroatoms. The van der Waals surface area contributed by atoms with Crippen LogP contribution in [-0.4, -0.2) is 37.2 Å². The van der Waals surface area contributed by atoms with Crippen molar-refractivity contribution in [3.05, 3.63) is 66.8 Å². The Kier molecular flexibility index (Phi) is 5.02. The zero-order valence-electron chi connectivity index (χ0n) is 14.7. The molecule has 1 aliphatic heterocycles. The normalized spacial score (nSPS) is 14.0. The fourth-order valence-electron chi connectivity index (χ4n) is 2.94. The minimum absolute atomic E-state index is 0.261. The molecule has 1 aromatic carbocycles. The number of carbonyl (C=O) groups is 1. The third-order valence-corrected chi connectivity index (χ3v) is 4.28. The zero-order chi connectivity index (χ0) is 18.5. The van der Waals surface area contributed by atoms with Crippen LogP contribution in [-0.2, 0) is 4.74 Å². The van der Waals surface area contributed by atoms with Gasteiger partial charge in [-0.1, -0.05) is 12.1 Å². The summed E-state index contributed by atoms with van der Waals surface area (Å²) in [6.07, 6.45) is 3.08. The summed E-state index contributed by atoms with van der Waals surface area (Å²) in [6.45, 7) is 3.20. The van der Waals surface area contributed by atoms with E-state index >= 15 is 0 Å². The maximum absolute atomic E-state index is 12.0. The number of morpholine rings is 1. The van der Waals surface area contributed by atoms with Gasteiger partial charge >= 0.3 is 0 Å². The SMILES string of the molecule is O=C(Nc1ccc(Nc2ccccc2N2CCOCC2)nc1)c1ccco1. The molecule has 0 atom stereocenters. The molecule has 2 aromatic heterocycles. The van der Waals surface area contributed by atoms with Crippen molar-refractivity contribution in [2.75, 3.05) is 41.8 Å². The Bertz CT molecular complexity index is 888. The molecule has 0 radical (unpaired) electrons. The first-order chi connectivity index (χ1) is 13.3. The van der Waals surface area contributed by atoms with Crippen molar-refractivity contribution in [2.45, 2.75) is 0 Å². The minimum Gasteiger partial charge on any atom is -0.459 e. The third-order valence-electron chi connectivity index (χ3n) is 4.28. The number of furan rings is 1. The highest BCUT2D eigenvalue weighted by Gasteiger charge is 2.15.